The number of carbonyl (C=O) groups excluding carboxylic acids is 1. The molecule has 14 heteroatoms. The summed E-state index contributed by atoms with van der Waals surface area (Å²) in [6, 6.07) is 8.84. The van der Waals surface area contributed by atoms with Gasteiger partial charge in [-0.15, -0.1) is 10.2 Å². The van der Waals surface area contributed by atoms with Gasteiger partial charge in [0.25, 0.3) is 0 Å². The van der Waals surface area contributed by atoms with E-state index in [0.717, 1.165) is 80.9 Å². The van der Waals surface area contributed by atoms with Crippen molar-refractivity contribution in [1.82, 2.24) is 45.7 Å². The number of fused-ring (bicyclic) bond motifs is 1. The minimum atomic E-state index is -0.783. The van der Waals surface area contributed by atoms with Crippen molar-refractivity contribution in [1.29, 1.82) is 0 Å². The van der Waals surface area contributed by atoms with E-state index in [2.05, 4.69) is 36.7 Å². The lowest BCUT2D eigenvalue weighted by Gasteiger charge is -2.33. The summed E-state index contributed by atoms with van der Waals surface area (Å²) in [5.74, 6) is 1.21. The highest BCUT2D eigenvalue weighted by molar-refractivity contribution is 5.90. The molecule has 5 rings (SSSR count). The number of nitrogens with one attached hydrogen (secondary N) is 4. The van der Waals surface area contributed by atoms with Gasteiger partial charge in [-0.2, -0.15) is 9.78 Å². The molecule has 1 saturated heterocycles. The number of carbonyl (C=O) groups is 2. The molecule has 2 aromatic heterocycles. The summed E-state index contributed by atoms with van der Waals surface area (Å²) in [6.07, 6.45) is 13.3. The molecular formula is C34H53N11O3. The molecule has 0 radical (unpaired) electrons. The number of unbranched alkanes of at least 4 members (excludes halogenated alkanes) is 2. The number of carboxylic acid groups (broad SMARTS) is 1. The van der Waals surface area contributed by atoms with Crippen molar-refractivity contribution in [3.8, 4) is 0 Å². The largest absolute Gasteiger partial charge is 0.481 e. The summed E-state index contributed by atoms with van der Waals surface area (Å²) in [4.78, 5) is 36.4. The van der Waals surface area contributed by atoms with Crippen LogP contribution in [0, 0.1) is 0 Å². The Labute approximate surface area is 283 Å². The van der Waals surface area contributed by atoms with E-state index < -0.39 is 5.97 Å². The zero-order valence-electron chi connectivity index (χ0n) is 28.2. The maximum Gasteiger partial charge on any atom is 0.303 e. The normalized spacial score (nSPS) is 16.0. The number of tetrazole rings is 1. The Kier molecular flexibility index (Phi) is 14.1. The van der Waals surface area contributed by atoms with Gasteiger partial charge in [0.1, 0.15) is 5.82 Å². The van der Waals surface area contributed by atoms with Crippen molar-refractivity contribution in [2.45, 2.75) is 115 Å². The van der Waals surface area contributed by atoms with Crippen LogP contribution in [0.2, 0.25) is 0 Å². The molecule has 1 saturated carbocycles. The average Bonchev–Trinajstić information content (AvgIpc) is 3.56. The van der Waals surface area contributed by atoms with Crippen molar-refractivity contribution in [2.75, 3.05) is 43.4 Å². The first-order chi connectivity index (χ1) is 23.5. The van der Waals surface area contributed by atoms with Gasteiger partial charge in [-0.1, -0.05) is 37.8 Å². The lowest BCUT2D eigenvalue weighted by atomic mass is 9.95. The Morgan fingerprint density at radius 3 is 2.48 bits per heavy atom. The molecule has 262 valence electrons. The number of amides is 1. The Morgan fingerprint density at radius 2 is 1.65 bits per heavy atom. The molecule has 0 unspecified atom stereocenters. The molecule has 1 amide bonds. The molecule has 0 bridgehead atoms. The van der Waals surface area contributed by atoms with Crippen LogP contribution in [0.3, 0.4) is 0 Å². The van der Waals surface area contributed by atoms with Crippen LogP contribution in [0.1, 0.15) is 95.7 Å². The number of hydrogen-bond acceptors (Lipinski definition) is 11. The smallest absolute Gasteiger partial charge is 0.303 e. The third-order valence-corrected chi connectivity index (χ3v) is 9.25. The van der Waals surface area contributed by atoms with Gasteiger partial charge < -0.3 is 31.3 Å². The Morgan fingerprint density at radius 1 is 0.854 bits per heavy atom. The number of aliphatic carboxylic acids is 1. The van der Waals surface area contributed by atoms with Crippen LogP contribution in [0.5, 0.6) is 0 Å². The first kappa shape index (κ1) is 35.4. The molecule has 0 spiro atoms. The van der Waals surface area contributed by atoms with Crippen LogP contribution in [-0.2, 0) is 22.7 Å². The SMILES string of the molecule is O=C(O)CCCCCC(=O)N1CCC(Nc2nc(NCc3nnn(CCCNCCCNC4CCCCC4)n3)nc3ccccc23)CC1. The summed E-state index contributed by atoms with van der Waals surface area (Å²) in [7, 11) is 0. The molecule has 1 aliphatic heterocycles. The van der Waals surface area contributed by atoms with E-state index in [4.69, 9.17) is 15.1 Å². The molecule has 5 N–H and O–H groups in total. The molecule has 1 aliphatic carbocycles. The third-order valence-electron chi connectivity index (χ3n) is 9.25. The molecule has 2 fully saturated rings. The predicted molar refractivity (Wildman–Crippen MR) is 186 cm³/mol. The van der Waals surface area contributed by atoms with Gasteiger partial charge >= 0.3 is 5.97 Å². The van der Waals surface area contributed by atoms with Gasteiger partial charge in [0.2, 0.25) is 11.9 Å². The maximum atomic E-state index is 12.7. The van der Waals surface area contributed by atoms with Crippen molar-refractivity contribution in [2.24, 2.45) is 0 Å². The number of aromatic nitrogens is 6. The van der Waals surface area contributed by atoms with Gasteiger partial charge in [-0.25, -0.2) is 4.98 Å². The summed E-state index contributed by atoms with van der Waals surface area (Å²) < 4.78 is 0. The summed E-state index contributed by atoms with van der Waals surface area (Å²) in [6.45, 7) is 5.47. The van der Waals surface area contributed by atoms with Gasteiger partial charge in [-0.05, 0) is 88.3 Å². The Hall–Kier alpha value is -3.91. The van der Waals surface area contributed by atoms with E-state index >= 15 is 0 Å². The highest BCUT2D eigenvalue weighted by Gasteiger charge is 2.23. The lowest BCUT2D eigenvalue weighted by molar-refractivity contribution is -0.137. The molecular weight excluding hydrogens is 610 g/mol. The van der Waals surface area contributed by atoms with Gasteiger partial charge in [0.05, 0.1) is 18.6 Å². The van der Waals surface area contributed by atoms with Crippen LogP contribution >= 0.6 is 0 Å². The topological polar surface area (TPSA) is 175 Å². The van der Waals surface area contributed by atoms with Crippen LogP contribution in [0.25, 0.3) is 10.9 Å². The highest BCUT2D eigenvalue weighted by Crippen LogP contribution is 2.25. The Balaban J connectivity index is 1.02. The number of para-hydroxylation sites is 1. The summed E-state index contributed by atoms with van der Waals surface area (Å²) in [5.41, 5.74) is 0.835. The second-order valence-electron chi connectivity index (χ2n) is 13.1. The number of nitrogens with zero attached hydrogens (tertiary/aromatic N) is 7. The fraction of sp³-hybridized carbons (Fsp3) is 0.676. The summed E-state index contributed by atoms with van der Waals surface area (Å²) >= 11 is 0. The maximum absolute atomic E-state index is 12.7. The van der Waals surface area contributed by atoms with E-state index in [9.17, 15) is 9.59 Å². The van der Waals surface area contributed by atoms with Gasteiger partial charge in [-0.3, -0.25) is 9.59 Å². The minimum absolute atomic E-state index is 0.151. The van der Waals surface area contributed by atoms with Crippen LogP contribution in [0.4, 0.5) is 11.8 Å². The van der Waals surface area contributed by atoms with E-state index in [1.54, 1.807) is 4.80 Å². The molecule has 2 aliphatic rings. The van der Waals surface area contributed by atoms with Crippen molar-refractivity contribution in [3.05, 3.63) is 30.1 Å². The number of benzene rings is 1. The number of rotatable bonds is 20. The van der Waals surface area contributed by atoms with E-state index in [1.165, 1.54) is 32.1 Å². The van der Waals surface area contributed by atoms with E-state index in [1.807, 2.05) is 29.2 Å². The third kappa shape index (κ3) is 11.7. The second-order valence-corrected chi connectivity index (χ2v) is 13.1. The van der Waals surface area contributed by atoms with Crippen LogP contribution in [-0.4, -0.2) is 96.9 Å². The standard InChI is InChI=1S/C34H53N11O3/c46-31(15-5-2-6-16-32(47)48)44-23-17-27(18-24-44)38-33-28-13-7-8-14-29(28)39-34(40-33)37-25-30-41-43-45(42-30)22-10-20-35-19-9-21-36-26-11-3-1-4-12-26/h7-8,13-14,26-27,35-36H,1-6,9-12,15-25H2,(H,47,48)(H2,37,38,39,40). The molecule has 48 heavy (non-hydrogen) atoms. The first-order valence-electron chi connectivity index (χ1n) is 18.0. The number of hydrogen-bond donors (Lipinski definition) is 5. The number of aryl methyl sites for hydroxylation is 1. The average molecular weight is 664 g/mol. The first-order valence-corrected chi connectivity index (χ1v) is 18.0. The lowest BCUT2D eigenvalue weighted by Crippen LogP contribution is -2.42. The molecule has 3 aromatic rings. The summed E-state index contributed by atoms with van der Waals surface area (Å²) in [5, 5.41) is 36.8. The van der Waals surface area contributed by atoms with Crippen LogP contribution < -0.4 is 21.3 Å². The zero-order valence-corrected chi connectivity index (χ0v) is 28.2. The van der Waals surface area contributed by atoms with Gasteiger partial charge in [0.15, 0.2) is 5.82 Å². The Bertz CT molecular complexity index is 1420. The van der Waals surface area contributed by atoms with E-state index in [-0.39, 0.29) is 18.4 Å². The molecule has 0 atom stereocenters. The minimum Gasteiger partial charge on any atom is -0.481 e. The quantitative estimate of drug-likeness (QED) is 0.110. The number of carboxylic acids is 1. The van der Waals surface area contributed by atoms with Gasteiger partial charge in [0, 0.05) is 43.4 Å². The molecule has 3 heterocycles. The number of likely N-dealkylation sites (tertiary alicyclic amines) is 1. The van der Waals surface area contributed by atoms with Crippen molar-refractivity contribution >= 4 is 34.5 Å². The predicted octanol–water partition coefficient (Wildman–Crippen LogP) is 3.96. The molecule has 14 nitrogen and oxygen atoms in total. The van der Waals surface area contributed by atoms with Crippen molar-refractivity contribution in [3.63, 3.8) is 0 Å². The molecule has 1 aromatic carbocycles. The number of piperidine rings is 1. The number of anilines is 2. The van der Waals surface area contributed by atoms with Crippen molar-refractivity contribution < 1.29 is 14.7 Å². The zero-order chi connectivity index (χ0) is 33.4. The fourth-order valence-electron chi connectivity index (χ4n) is 6.52. The monoisotopic (exact) mass is 663 g/mol. The fourth-order valence-corrected chi connectivity index (χ4v) is 6.52. The van der Waals surface area contributed by atoms with Crippen LogP contribution in [0.15, 0.2) is 24.3 Å². The highest BCUT2D eigenvalue weighted by atomic mass is 16.4. The second kappa shape index (κ2) is 19.2. The van der Waals surface area contributed by atoms with E-state index in [0.29, 0.717) is 50.8 Å².